The van der Waals surface area contributed by atoms with Crippen molar-refractivity contribution in [2.45, 2.75) is 26.3 Å². The summed E-state index contributed by atoms with van der Waals surface area (Å²) in [6.07, 6.45) is 2.05. The first-order chi connectivity index (χ1) is 7.69. The standard InChI is InChI=1S/C11H17N3O2/c1-2-3-6-13-10-5-4-9(8-12)7-11(10)14(15)16/h4-5,7,13H,2-3,6,8,12H2,1H3. The van der Waals surface area contributed by atoms with Gasteiger partial charge < -0.3 is 11.1 Å². The third-order valence-electron chi connectivity index (χ3n) is 2.34. The summed E-state index contributed by atoms with van der Waals surface area (Å²) in [5.41, 5.74) is 6.88. The lowest BCUT2D eigenvalue weighted by molar-refractivity contribution is -0.384. The van der Waals surface area contributed by atoms with Gasteiger partial charge in [-0.25, -0.2) is 0 Å². The maximum atomic E-state index is 10.8. The first-order valence-electron chi connectivity index (χ1n) is 5.40. The van der Waals surface area contributed by atoms with E-state index in [1.54, 1.807) is 12.1 Å². The van der Waals surface area contributed by atoms with E-state index in [2.05, 4.69) is 12.2 Å². The van der Waals surface area contributed by atoms with Crippen molar-refractivity contribution in [2.75, 3.05) is 11.9 Å². The molecule has 5 nitrogen and oxygen atoms in total. The molecule has 1 aromatic carbocycles. The molecule has 0 aliphatic carbocycles. The number of nitrogens with two attached hydrogens (primary N) is 1. The van der Waals surface area contributed by atoms with Crippen LogP contribution in [0.25, 0.3) is 0 Å². The molecule has 0 fully saturated rings. The van der Waals surface area contributed by atoms with Crippen molar-refractivity contribution in [3.63, 3.8) is 0 Å². The first kappa shape index (κ1) is 12.4. The molecule has 0 radical (unpaired) electrons. The van der Waals surface area contributed by atoms with Crippen molar-refractivity contribution in [3.8, 4) is 0 Å². The predicted molar refractivity (Wildman–Crippen MR) is 64.4 cm³/mol. The third kappa shape index (κ3) is 3.20. The molecule has 0 aliphatic rings. The Morgan fingerprint density at radius 3 is 2.81 bits per heavy atom. The van der Waals surface area contributed by atoms with Gasteiger partial charge in [0.15, 0.2) is 0 Å². The van der Waals surface area contributed by atoms with Crippen LogP contribution in [0.5, 0.6) is 0 Å². The summed E-state index contributed by atoms with van der Waals surface area (Å²) in [6.45, 7) is 3.14. The third-order valence-corrected chi connectivity index (χ3v) is 2.34. The molecule has 0 spiro atoms. The fourth-order valence-electron chi connectivity index (χ4n) is 1.40. The van der Waals surface area contributed by atoms with Crippen LogP contribution in [0.15, 0.2) is 18.2 Å². The average Bonchev–Trinajstić information content (AvgIpc) is 2.29. The topological polar surface area (TPSA) is 81.2 Å². The fraction of sp³-hybridized carbons (Fsp3) is 0.455. The number of nitro benzene ring substituents is 1. The van der Waals surface area contributed by atoms with Gasteiger partial charge in [0.2, 0.25) is 0 Å². The molecule has 0 unspecified atom stereocenters. The Morgan fingerprint density at radius 2 is 2.25 bits per heavy atom. The molecule has 0 aromatic heterocycles. The Hall–Kier alpha value is -1.62. The summed E-state index contributed by atoms with van der Waals surface area (Å²) in [4.78, 5) is 10.5. The van der Waals surface area contributed by atoms with Crippen LogP contribution in [0.4, 0.5) is 11.4 Å². The minimum atomic E-state index is -0.382. The molecule has 1 rings (SSSR count). The summed E-state index contributed by atoms with van der Waals surface area (Å²) in [7, 11) is 0. The van der Waals surface area contributed by atoms with Crippen LogP contribution >= 0.6 is 0 Å². The van der Waals surface area contributed by atoms with E-state index < -0.39 is 0 Å². The maximum absolute atomic E-state index is 10.8. The number of hydrogen-bond donors (Lipinski definition) is 2. The zero-order chi connectivity index (χ0) is 12.0. The van der Waals surface area contributed by atoms with Crippen molar-refractivity contribution in [1.82, 2.24) is 0 Å². The van der Waals surface area contributed by atoms with Crippen LogP contribution in [0.2, 0.25) is 0 Å². The van der Waals surface area contributed by atoms with Crippen molar-refractivity contribution in [3.05, 3.63) is 33.9 Å². The fourth-order valence-corrected chi connectivity index (χ4v) is 1.40. The Kier molecular flexibility index (Phi) is 4.72. The molecule has 16 heavy (non-hydrogen) atoms. The Morgan fingerprint density at radius 1 is 1.50 bits per heavy atom. The van der Waals surface area contributed by atoms with Crippen LogP contribution in [0.1, 0.15) is 25.3 Å². The van der Waals surface area contributed by atoms with Gasteiger partial charge in [0.05, 0.1) is 4.92 Å². The second-order valence-corrected chi connectivity index (χ2v) is 3.59. The highest BCUT2D eigenvalue weighted by molar-refractivity contribution is 5.62. The number of anilines is 1. The largest absolute Gasteiger partial charge is 0.379 e. The quantitative estimate of drug-likeness (QED) is 0.440. The number of hydrogen-bond acceptors (Lipinski definition) is 4. The summed E-state index contributed by atoms with van der Waals surface area (Å²) >= 11 is 0. The molecule has 1 aromatic rings. The minimum absolute atomic E-state index is 0.0963. The van der Waals surface area contributed by atoms with Gasteiger partial charge in [0.25, 0.3) is 5.69 Å². The lowest BCUT2D eigenvalue weighted by Gasteiger charge is -2.07. The highest BCUT2D eigenvalue weighted by Gasteiger charge is 2.13. The van der Waals surface area contributed by atoms with Crippen LogP contribution < -0.4 is 11.1 Å². The predicted octanol–water partition coefficient (Wildman–Crippen LogP) is 2.27. The zero-order valence-corrected chi connectivity index (χ0v) is 9.40. The molecule has 0 bridgehead atoms. The van der Waals surface area contributed by atoms with E-state index in [9.17, 15) is 10.1 Å². The number of nitrogens with one attached hydrogen (secondary N) is 1. The molecular weight excluding hydrogens is 206 g/mol. The molecule has 3 N–H and O–H groups in total. The van der Waals surface area contributed by atoms with Gasteiger partial charge in [-0.1, -0.05) is 19.4 Å². The van der Waals surface area contributed by atoms with E-state index in [1.807, 2.05) is 0 Å². The van der Waals surface area contributed by atoms with Crippen LogP contribution in [0, 0.1) is 10.1 Å². The number of rotatable bonds is 6. The van der Waals surface area contributed by atoms with Gasteiger partial charge >= 0.3 is 0 Å². The zero-order valence-electron chi connectivity index (χ0n) is 9.40. The van der Waals surface area contributed by atoms with Gasteiger partial charge in [0.1, 0.15) is 5.69 Å². The average molecular weight is 223 g/mol. The van der Waals surface area contributed by atoms with Gasteiger partial charge in [-0.3, -0.25) is 10.1 Å². The monoisotopic (exact) mass is 223 g/mol. The Balaban J connectivity index is 2.85. The number of nitro groups is 1. The van der Waals surface area contributed by atoms with Crippen LogP contribution in [0.3, 0.4) is 0 Å². The number of benzene rings is 1. The van der Waals surface area contributed by atoms with Gasteiger partial charge in [0, 0.05) is 19.2 Å². The smallest absolute Gasteiger partial charge is 0.292 e. The highest BCUT2D eigenvalue weighted by atomic mass is 16.6. The van der Waals surface area contributed by atoms with Gasteiger partial charge in [-0.15, -0.1) is 0 Å². The lowest BCUT2D eigenvalue weighted by atomic mass is 10.1. The molecule has 0 saturated carbocycles. The van der Waals surface area contributed by atoms with Gasteiger partial charge in [-0.05, 0) is 18.1 Å². The second-order valence-electron chi connectivity index (χ2n) is 3.59. The highest BCUT2D eigenvalue weighted by Crippen LogP contribution is 2.25. The minimum Gasteiger partial charge on any atom is -0.379 e. The van der Waals surface area contributed by atoms with E-state index in [4.69, 9.17) is 5.73 Å². The molecule has 0 saturated heterocycles. The first-order valence-corrected chi connectivity index (χ1v) is 5.40. The Bertz CT molecular complexity index is 366. The van der Waals surface area contributed by atoms with Crippen molar-refractivity contribution >= 4 is 11.4 Å². The molecule has 0 atom stereocenters. The summed E-state index contributed by atoms with van der Waals surface area (Å²) in [5, 5.41) is 13.9. The number of nitrogens with zero attached hydrogens (tertiary/aromatic N) is 1. The second kappa shape index (κ2) is 6.07. The molecular formula is C11H17N3O2. The van der Waals surface area contributed by atoms with E-state index >= 15 is 0 Å². The molecule has 5 heteroatoms. The molecule has 88 valence electrons. The normalized spacial score (nSPS) is 10.1. The van der Waals surface area contributed by atoms with E-state index in [0.29, 0.717) is 12.2 Å². The van der Waals surface area contributed by atoms with Crippen LogP contribution in [-0.2, 0) is 6.54 Å². The molecule has 0 heterocycles. The van der Waals surface area contributed by atoms with Crippen LogP contribution in [-0.4, -0.2) is 11.5 Å². The maximum Gasteiger partial charge on any atom is 0.292 e. The van der Waals surface area contributed by atoms with E-state index in [-0.39, 0.29) is 10.6 Å². The van der Waals surface area contributed by atoms with E-state index in [1.165, 1.54) is 6.07 Å². The van der Waals surface area contributed by atoms with Crippen molar-refractivity contribution in [1.29, 1.82) is 0 Å². The SMILES string of the molecule is CCCCNc1ccc(CN)cc1[N+](=O)[O-]. The van der Waals surface area contributed by atoms with Crippen molar-refractivity contribution < 1.29 is 4.92 Å². The summed E-state index contributed by atoms with van der Waals surface area (Å²) < 4.78 is 0. The summed E-state index contributed by atoms with van der Waals surface area (Å²) in [6, 6.07) is 5.05. The summed E-state index contributed by atoms with van der Waals surface area (Å²) in [5.74, 6) is 0. The molecule has 0 amide bonds. The van der Waals surface area contributed by atoms with Crippen molar-refractivity contribution in [2.24, 2.45) is 5.73 Å². The number of unbranched alkanes of at least 4 members (excludes halogenated alkanes) is 1. The Labute approximate surface area is 94.8 Å². The van der Waals surface area contributed by atoms with E-state index in [0.717, 1.165) is 24.9 Å². The lowest BCUT2D eigenvalue weighted by Crippen LogP contribution is -2.05. The molecule has 0 aliphatic heterocycles. The van der Waals surface area contributed by atoms with Gasteiger partial charge in [-0.2, -0.15) is 0 Å².